The molecule has 1 aliphatic rings. The second-order valence-corrected chi connectivity index (χ2v) is 8.22. The van der Waals surface area contributed by atoms with Crippen LogP contribution in [0.3, 0.4) is 0 Å². The third-order valence-electron chi connectivity index (χ3n) is 3.96. The number of thiazole rings is 1. The van der Waals surface area contributed by atoms with Crippen molar-refractivity contribution in [1.82, 2.24) is 15.7 Å². The molecule has 26 heavy (non-hydrogen) atoms. The van der Waals surface area contributed by atoms with Gasteiger partial charge in [-0.1, -0.05) is 17.4 Å². The fraction of sp³-hybridized carbons (Fsp3) is 0.471. The van der Waals surface area contributed by atoms with Gasteiger partial charge in [-0.05, 0) is 42.9 Å². The van der Waals surface area contributed by atoms with E-state index < -0.39 is 0 Å². The fourth-order valence-corrected chi connectivity index (χ4v) is 4.62. The minimum atomic E-state index is 0.483. The molecule has 0 atom stereocenters. The van der Waals surface area contributed by atoms with Crippen molar-refractivity contribution < 1.29 is 4.74 Å². The van der Waals surface area contributed by atoms with E-state index in [1.165, 1.54) is 19.3 Å². The monoisotopic (exact) mass is 409 g/mol. The van der Waals surface area contributed by atoms with E-state index in [4.69, 9.17) is 21.9 Å². The molecule has 1 aliphatic heterocycles. The first-order chi connectivity index (χ1) is 12.8. The maximum absolute atomic E-state index is 5.19. The summed E-state index contributed by atoms with van der Waals surface area (Å²) in [4.78, 5) is 9.49. The third-order valence-corrected chi connectivity index (χ3v) is 6.13. The van der Waals surface area contributed by atoms with Crippen LogP contribution >= 0.6 is 34.9 Å². The molecule has 1 fully saturated rings. The molecule has 0 amide bonds. The molecule has 0 aromatic carbocycles. The molecule has 0 radical (unpaired) electrons. The van der Waals surface area contributed by atoms with Crippen LogP contribution in [0.2, 0.25) is 0 Å². The summed E-state index contributed by atoms with van der Waals surface area (Å²) in [6.07, 6.45) is 5.59. The second kappa shape index (κ2) is 9.96. The fourth-order valence-electron chi connectivity index (χ4n) is 2.67. The third kappa shape index (κ3) is 5.23. The Morgan fingerprint density at radius 1 is 1.42 bits per heavy atom. The molecule has 2 aromatic rings. The zero-order valence-corrected chi connectivity index (χ0v) is 17.2. The average Bonchev–Trinajstić information content (AvgIpc) is 3.32. The molecular weight excluding hydrogens is 386 g/mol. The van der Waals surface area contributed by atoms with Crippen molar-refractivity contribution in [1.29, 1.82) is 0 Å². The SMILES string of the molecule is COCCNC(=S)N/N=C\c1sc(N2CCCCC2)nc1-c1cccs1. The summed E-state index contributed by atoms with van der Waals surface area (Å²) in [5, 5.41) is 11.0. The molecule has 0 bridgehead atoms. The highest BCUT2D eigenvalue weighted by molar-refractivity contribution is 7.80. The van der Waals surface area contributed by atoms with Gasteiger partial charge in [0, 0.05) is 26.7 Å². The number of piperidine rings is 1. The zero-order chi connectivity index (χ0) is 18.2. The maximum atomic E-state index is 5.19. The quantitative estimate of drug-likeness (QED) is 0.317. The summed E-state index contributed by atoms with van der Waals surface area (Å²) in [7, 11) is 1.66. The van der Waals surface area contributed by atoms with Crippen LogP contribution in [-0.4, -0.2) is 49.7 Å². The summed E-state index contributed by atoms with van der Waals surface area (Å²) >= 11 is 8.57. The second-order valence-electron chi connectivity index (χ2n) is 5.85. The number of rotatable bonds is 7. The zero-order valence-electron chi connectivity index (χ0n) is 14.7. The van der Waals surface area contributed by atoms with E-state index in [1.54, 1.807) is 29.8 Å². The van der Waals surface area contributed by atoms with E-state index in [1.807, 2.05) is 12.3 Å². The van der Waals surface area contributed by atoms with E-state index in [0.717, 1.165) is 33.7 Å². The Morgan fingerprint density at radius 2 is 2.27 bits per heavy atom. The van der Waals surface area contributed by atoms with Gasteiger partial charge >= 0.3 is 0 Å². The molecule has 9 heteroatoms. The number of thiophene rings is 1. The van der Waals surface area contributed by atoms with Gasteiger partial charge in [-0.25, -0.2) is 4.98 Å². The lowest BCUT2D eigenvalue weighted by atomic mass is 10.1. The molecule has 0 spiro atoms. The number of anilines is 1. The summed E-state index contributed by atoms with van der Waals surface area (Å²) < 4.78 is 4.99. The van der Waals surface area contributed by atoms with Gasteiger partial charge in [-0.3, -0.25) is 5.43 Å². The van der Waals surface area contributed by atoms with Gasteiger partial charge in [0.25, 0.3) is 0 Å². The van der Waals surface area contributed by atoms with Gasteiger partial charge in [0.05, 0.1) is 22.6 Å². The normalized spacial score (nSPS) is 14.7. The molecule has 0 aliphatic carbocycles. The Kier molecular flexibility index (Phi) is 7.36. The lowest BCUT2D eigenvalue weighted by molar-refractivity contribution is 0.204. The summed E-state index contributed by atoms with van der Waals surface area (Å²) in [6, 6.07) is 4.15. The number of hydrazone groups is 1. The molecular formula is C17H23N5OS3. The van der Waals surface area contributed by atoms with Crippen molar-refractivity contribution in [3.05, 3.63) is 22.4 Å². The van der Waals surface area contributed by atoms with Crippen molar-refractivity contribution in [2.45, 2.75) is 19.3 Å². The number of thiocarbonyl (C=S) groups is 1. The van der Waals surface area contributed by atoms with Crippen molar-refractivity contribution in [2.75, 3.05) is 38.3 Å². The van der Waals surface area contributed by atoms with Crippen LogP contribution in [0, 0.1) is 0 Å². The lowest BCUT2D eigenvalue weighted by Crippen LogP contribution is -2.34. The van der Waals surface area contributed by atoms with Gasteiger partial charge in [0.1, 0.15) is 5.69 Å². The topological polar surface area (TPSA) is 61.8 Å². The number of nitrogens with zero attached hydrogens (tertiary/aromatic N) is 3. The molecule has 2 aromatic heterocycles. The summed E-state index contributed by atoms with van der Waals surface area (Å²) in [5.41, 5.74) is 3.85. The minimum absolute atomic E-state index is 0.483. The number of hydrogen-bond acceptors (Lipinski definition) is 7. The summed E-state index contributed by atoms with van der Waals surface area (Å²) in [6.45, 7) is 3.42. The van der Waals surface area contributed by atoms with Crippen LogP contribution in [0.5, 0.6) is 0 Å². The minimum Gasteiger partial charge on any atom is -0.383 e. The summed E-state index contributed by atoms with van der Waals surface area (Å²) in [5.74, 6) is 0. The standard InChI is InChI=1S/C17H23N5OS3/c1-23-10-7-18-16(24)21-19-12-14-15(13-6-5-11-25-13)20-17(26-14)22-8-3-2-4-9-22/h5-6,11-12H,2-4,7-10H2,1H3,(H2,18,21,24)/b19-12-. The molecule has 6 nitrogen and oxygen atoms in total. The highest BCUT2D eigenvalue weighted by Gasteiger charge is 2.19. The number of hydrogen-bond donors (Lipinski definition) is 2. The predicted octanol–water partition coefficient (Wildman–Crippen LogP) is 3.31. The number of methoxy groups -OCH3 is 1. The van der Waals surface area contributed by atoms with E-state index in [0.29, 0.717) is 18.3 Å². The van der Waals surface area contributed by atoms with Gasteiger partial charge in [0.15, 0.2) is 10.2 Å². The molecule has 2 N–H and O–H groups in total. The van der Waals surface area contributed by atoms with Crippen LogP contribution in [0.15, 0.2) is 22.6 Å². The van der Waals surface area contributed by atoms with Gasteiger partial charge in [-0.2, -0.15) is 5.10 Å². The Labute approximate surface area is 167 Å². The molecule has 140 valence electrons. The Hall–Kier alpha value is -1.55. The van der Waals surface area contributed by atoms with Crippen LogP contribution in [0.25, 0.3) is 10.6 Å². The highest BCUT2D eigenvalue weighted by Crippen LogP contribution is 2.35. The van der Waals surface area contributed by atoms with E-state index in [9.17, 15) is 0 Å². The van der Waals surface area contributed by atoms with Gasteiger partial charge in [-0.15, -0.1) is 11.3 Å². The number of ether oxygens (including phenoxy) is 1. The molecule has 3 heterocycles. The lowest BCUT2D eigenvalue weighted by Gasteiger charge is -2.25. The van der Waals surface area contributed by atoms with Crippen molar-refractivity contribution in [3.8, 4) is 10.6 Å². The Bertz CT molecular complexity index is 723. The van der Waals surface area contributed by atoms with E-state index in [-0.39, 0.29) is 0 Å². The van der Waals surface area contributed by atoms with Crippen LogP contribution in [-0.2, 0) is 4.74 Å². The molecule has 3 rings (SSSR count). The van der Waals surface area contributed by atoms with E-state index >= 15 is 0 Å². The number of aromatic nitrogens is 1. The predicted molar refractivity (Wildman–Crippen MR) is 115 cm³/mol. The first-order valence-electron chi connectivity index (χ1n) is 8.63. The van der Waals surface area contributed by atoms with E-state index in [2.05, 4.69) is 32.2 Å². The van der Waals surface area contributed by atoms with Crippen molar-refractivity contribution in [3.63, 3.8) is 0 Å². The largest absolute Gasteiger partial charge is 0.383 e. The highest BCUT2D eigenvalue weighted by atomic mass is 32.1. The Balaban J connectivity index is 1.71. The van der Waals surface area contributed by atoms with Crippen LogP contribution in [0.1, 0.15) is 24.1 Å². The molecule has 0 unspecified atom stereocenters. The smallest absolute Gasteiger partial charge is 0.187 e. The van der Waals surface area contributed by atoms with Crippen molar-refractivity contribution >= 4 is 51.4 Å². The van der Waals surface area contributed by atoms with Crippen LogP contribution < -0.4 is 15.6 Å². The van der Waals surface area contributed by atoms with Gasteiger partial charge < -0.3 is 15.0 Å². The first-order valence-corrected chi connectivity index (χ1v) is 10.7. The van der Waals surface area contributed by atoms with Crippen molar-refractivity contribution in [2.24, 2.45) is 5.10 Å². The molecule has 1 saturated heterocycles. The number of nitrogens with one attached hydrogen (secondary N) is 2. The molecule has 0 saturated carbocycles. The Morgan fingerprint density at radius 3 is 3.00 bits per heavy atom. The first kappa shape index (κ1) is 19.2. The van der Waals surface area contributed by atoms with Crippen LogP contribution in [0.4, 0.5) is 5.13 Å². The average molecular weight is 410 g/mol. The maximum Gasteiger partial charge on any atom is 0.187 e. The van der Waals surface area contributed by atoms with Gasteiger partial charge in [0.2, 0.25) is 0 Å².